The standard InChI is InChI=1S/C23H26FN5O2/c1-4-31-23(30)18-14-26-29-11-9-21(27-22(18)29)28-10-5-6-20(28)17-12-16(24)13-25-19(17)8-7-15(2)3/h7-9,11-15,20H,4-6,10H2,1-3H3/b8-7-. The second-order valence-corrected chi connectivity index (χ2v) is 7.92. The SMILES string of the molecule is CCOC(=O)c1cnn2ccc(N3CCCC3c3cc(F)cnc3/C=C\C(C)C)nc12. The van der Waals surface area contributed by atoms with Crippen molar-refractivity contribution in [1.82, 2.24) is 19.6 Å². The quantitative estimate of drug-likeness (QED) is 0.546. The Morgan fingerprint density at radius 3 is 3.00 bits per heavy atom. The predicted octanol–water partition coefficient (Wildman–Crippen LogP) is 4.45. The molecule has 0 aliphatic carbocycles. The molecule has 0 saturated carbocycles. The Morgan fingerprint density at radius 1 is 1.39 bits per heavy atom. The van der Waals surface area contributed by atoms with Gasteiger partial charge >= 0.3 is 5.97 Å². The molecule has 3 aromatic rings. The monoisotopic (exact) mass is 423 g/mol. The summed E-state index contributed by atoms with van der Waals surface area (Å²) in [6, 6.07) is 3.37. The number of carbonyl (C=O) groups excluding carboxylic acids is 1. The Morgan fingerprint density at radius 2 is 2.23 bits per heavy atom. The van der Waals surface area contributed by atoms with Crippen molar-refractivity contribution in [1.29, 1.82) is 0 Å². The van der Waals surface area contributed by atoms with E-state index in [1.54, 1.807) is 23.7 Å². The molecular weight excluding hydrogens is 397 g/mol. The van der Waals surface area contributed by atoms with Crippen molar-refractivity contribution >= 4 is 23.5 Å². The number of carbonyl (C=O) groups is 1. The molecule has 162 valence electrons. The highest BCUT2D eigenvalue weighted by atomic mass is 19.1. The molecule has 1 aliphatic heterocycles. The lowest BCUT2D eigenvalue weighted by Gasteiger charge is -2.27. The van der Waals surface area contributed by atoms with E-state index in [1.165, 1.54) is 12.4 Å². The summed E-state index contributed by atoms with van der Waals surface area (Å²) in [6.07, 6.45) is 10.3. The Balaban J connectivity index is 1.73. The maximum absolute atomic E-state index is 14.1. The molecule has 4 rings (SSSR count). The fourth-order valence-electron chi connectivity index (χ4n) is 3.89. The Bertz CT molecular complexity index is 1120. The van der Waals surface area contributed by atoms with Crippen LogP contribution in [-0.2, 0) is 4.74 Å². The third kappa shape index (κ3) is 4.28. The van der Waals surface area contributed by atoms with E-state index in [1.807, 2.05) is 12.1 Å². The lowest BCUT2D eigenvalue weighted by Crippen LogP contribution is -2.25. The van der Waals surface area contributed by atoms with E-state index in [9.17, 15) is 9.18 Å². The molecule has 1 atom stereocenters. The van der Waals surface area contributed by atoms with E-state index >= 15 is 0 Å². The lowest BCUT2D eigenvalue weighted by atomic mass is 10.0. The number of hydrogen-bond donors (Lipinski definition) is 0. The lowest BCUT2D eigenvalue weighted by molar-refractivity contribution is 0.0528. The Hall–Kier alpha value is -3.29. The first-order valence-electron chi connectivity index (χ1n) is 10.6. The molecule has 4 heterocycles. The minimum Gasteiger partial charge on any atom is -0.462 e. The summed E-state index contributed by atoms with van der Waals surface area (Å²) in [4.78, 5) is 23.5. The molecule has 1 fully saturated rings. The van der Waals surface area contributed by atoms with E-state index in [4.69, 9.17) is 9.72 Å². The highest BCUT2D eigenvalue weighted by molar-refractivity contribution is 5.95. The number of pyridine rings is 1. The molecule has 0 bridgehead atoms. The summed E-state index contributed by atoms with van der Waals surface area (Å²) in [5.41, 5.74) is 2.38. The third-order valence-electron chi connectivity index (χ3n) is 5.31. The van der Waals surface area contributed by atoms with Gasteiger partial charge in [-0.2, -0.15) is 5.10 Å². The van der Waals surface area contributed by atoms with E-state index in [2.05, 4.69) is 34.9 Å². The number of esters is 1. The van der Waals surface area contributed by atoms with Gasteiger partial charge in [-0.25, -0.2) is 18.7 Å². The highest BCUT2D eigenvalue weighted by Crippen LogP contribution is 2.37. The number of aromatic nitrogens is 4. The molecule has 7 nitrogen and oxygen atoms in total. The second kappa shape index (κ2) is 8.83. The summed E-state index contributed by atoms with van der Waals surface area (Å²) < 4.78 is 20.8. The highest BCUT2D eigenvalue weighted by Gasteiger charge is 2.30. The summed E-state index contributed by atoms with van der Waals surface area (Å²) in [5, 5.41) is 4.20. The van der Waals surface area contributed by atoms with E-state index in [-0.39, 0.29) is 18.5 Å². The van der Waals surface area contributed by atoms with Gasteiger partial charge in [0.2, 0.25) is 0 Å². The van der Waals surface area contributed by atoms with Crippen LogP contribution >= 0.6 is 0 Å². The zero-order chi connectivity index (χ0) is 22.0. The zero-order valence-electron chi connectivity index (χ0n) is 18.0. The number of rotatable bonds is 6. The molecule has 0 radical (unpaired) electrons. The van der Waals surface area contributed by atoms with E-state index < -0.39 is 5.97 Å². The molecule has 1 unspecified atom stereocenters. The number of allylic oxidation sites excluding steroid dienone is 1. The molecular formula is C23H26FN5O2. The minimum atomic E-state index is -0.449. The summed E-state index contributed by atoms with van der Waals surface area (Å²) in [7, 11) is 0. The minimum absolute atomic E-state index is 0.0565. The first kappa shape index (κ1) is 21.0. The fraction of sp³-hybridized carbons (Fsp3) is 0.391. The van der Waals surface area contributed by atoms with E-state index in [0.717, 1.165) is 30.6 Å². The molecule has 0 spiro atoms. The molecule has 3 aromatic heterocycles. The van der Waals surface area contributed by atoms with Crippen molar-refractivity contribution < 1.29 is 13.9 Å². The Labute approximate surface area is 180 Å². The predicted molar refractivity (Wildman–Crippen MR) is 116 cm³/mol. The van der Waals surface area contributed by atoms with Crippen LogP contribution in [0.3, 0.4) is 0 Å². The van der Waals surface area contributed by atoms with Gasteiger partial charge in [-0.15, -0.1) is 0 Å². The summed E-state index contributed by atoms with van der Waals surface area (Å²) >= 11 is 0. The number of ether oxygens (including phenoxy) is 1. The summed E-state index contributed by atoms with van der Waals surface area (Å²) in [5.74, 6) is 0.277. The molecule has 1 saturated heterocycles. The van der Waals surface area contributed by atoms with Crippen LogP contribution in [0.15, 0.2) is 36.8 Å². The first-order valence-corrected chi connectivity index (χ1v) is 10.6. The van der Waals surface area contributed by atoms with Gasteiger partial charge in [0, 0.05) is 18.3 Å². The maximum atomic E-state index is 14.1. The van der Waals surface area contributed by atoms with Crippen molar-refractivity contribution in [2.45, 2.75) is 39.7 Å². The second-order valence-electron chi connectivity index (χ2n) is 7.92. The first-order chi connectivity index (χ1) is 15.0. The zero-order valence-corrected chi connectivity index (χ0v) is 18.0. The van der Waals surface area contributed by atoms with Crippen molar-refractivity contribution in [3.63, 3.8) is 0 Å². The normalized spacial score (nSPS) is 16.7. The van der Waals surface area contributed by atoms with Gasteiger partial charge in [0.25, 0.3) is 0 Å². The van der Waals surface area contributed by atoms with Crippen molar-refractivity contribution in [2.24, 2.45) is 5.92 Å². The van der Waals surface area contributed by atoms with Crippen LogP contribution in [0.4, 0.5) is 10.2 Å². The molecule has 0 N–H and O–H groups in total. The van der Waals surface area contributed by atoms with E-state index in [0.29, 0.717) is 22.9 Å². The van der Waals surface area contributed by atoms with Gasteiger partial charge in [-0.3, -0.25) is 4.98 Å². The number of halogens is 1. The van der Waals surface area contributed by atoms with Gasteiger partial charge in [0.1, 0.15) is 17.2 Å². The largest absolute Gasteiger partial charge is 0.462 e. The van der Waals surface area contributed by atoms with Gasteiger partial charge in [-0.1, -0.05) is 19.9 Å². The molecule has 8 heteroatoms. The Kier molecular flexibility index (Phi) is 5.97. The van der Waals surface area contributed by atoms with Crippen molar-refractivity contribution in [2.75, 3.05) is 18.1 Å². The van der Waals surface area contributed by atoms with Crippen LogP contribution < -0.4 is 4.90 Å². The van der Waals surface area contributed by atoms with Crippen LogP contribution in [-0.4, -0.2) is 38.7 Å². The fourth-order valence-corrected chi connectivity index (χ4v) is 3.89. The number of anilines is 1. The van der Waals surface area contributed by atoms with Crippen LogP contribution in [0.25, 0.3) is 11.7 Å². The average Bonchev–Trinajstić information content (AvgIpc) is 3.39. The van der Waals surface area contributed by atoms with Gasteiger partial charge < -0.3 is 9.64 Å². The van der Waals surface area contributed by atoms with Crippen LogP contribution in [0, 0.1) is 11.7 Å². The number of hydrogen-bond acceptors (Lipinski definition) is 6. The van der Waals surface area contributed by atoms with Crippen molar-refractivity contribution in [3.05, 3.63) is 59.4 Å². The molecule has 0 amide bonds. The number of nitrogens with zero attached hydrogens (tertiary/aromatic N) is 5. The topological polar surface area (TPSA) is 72.6 Å². The van der Waals surface area contributed by atoms with Crippen molar-refractivity contribution in [3.8, 4) is 0 Å². The molecule has 0 aromatic carbocycles. The van der Waals surface area contributed by atoms with Crippen LogP contribution in [0.5, 0.6) is 0 Å². The van der Waals surface area contributed by atoms with Gasteiger partial charge in [0.15, 0.2) is 5.65 Å². The van der Waals surface area contributed by atoms with Gasteiger partial charge in [-0.05, 0) is 43.9 Å². The third-order valence-corrected chi connectivity index (χ3v) is 5.31. The van der Waals surface area contributed by atoms with Gasteiger partial charge in [0.05, 0.1) is 30.7 Å². The average molecular weight is 423 g/mol. The van der Waals surface area contributed by atoms with Crippen LogP contribution in [0.1, 0.15) is 61.3 Å². The maximum Gasteiger partial charge on any atom is 0.343 e. The smallest absolute Gasteiger partial charge is 0.343 e. The molecule has 1 aliphatic rings. The number of fused-ring (bicyclic) bond motifs is 1. The summed E-state index contributed by atoms with van der Waals surface area (Å²) in [6.45, 7) is 7.00. The molecule has 31 heavy (non-hydrogen) atoms. The van der Waals surface area contributed by atoms with Crippen LogP contribution in [0.2, 0.25) is 0 Å².